The first kappa shape index (κ1) is 19.1. The molecule has 0 bridgehead atoms. The van der Waals surface area contributed by atoms with Gasteiger partial charge in [-0.25, -0.2) is 13.9 Å². The molecule has 3 heterocycles. The third-order valence-electron chi connectivity index (χ3n) is 5.35. The van der Waals surface area contributed by atoms with Gasteiger partial charge in [-0.3, -0.25) is 4.79 Å². The van der Waals surface area contributed by atoms with Gasteiger partial charge in [-0.2, -0.15) is 5.10 Å². The molecule has 1 amide bonds. The van der Waals surface area contributed by atoms with Gasteiger partial charge in [-0.1, -0.05) is 22.9 Å². The fraction of sp³-hybridized carbons (Fsp3) is 0.381. The van der Waals surface area contributed by atoms with Crippen molar-refractivity contribution in [3.05, 3.63) is 52.0 Å². The summed E-state index contributed by atoms with van der Waals surface area (Å²) in [6.07, 6.45) is 3.90. The van der Waals surface area contributed by atoms with Gasteiger partial charge in [-0.15, -0.1) is 0 Å². The Kier molecular flexibility index (Phi) is 5.19. The van der Waals surface area contributed by atoms with Gasteiger partial charge in [0.05, 0.1) is 5.69 Å². The van der Waals surface area contributed by atoms with Gasteiger partial charge in [0, 0.05) is 34.4 Å². The van der Waals surface area contributed by atoms with E-state index in [2.05, 4.69) is 32.9 Å². The first-order chi connectivity index (χ1) is 13.5. The normalized spacial score (nSPS) is 17.3. The van der Waals surface area contributed by atoms with Crippen LogP contribution in [0.25, 0.3) is 16.9 Å². The molecule has 0 spiro atoms. The Labute approximate surface area is 171 Å². The topological polar surface area (TPSA) is 50.5 Å². The largest absolute Gasteiger partial charge is 0.335 e. The van der Waals surface area contributed by atoms with E-state index in [-0.39, 0.29) is 17.8 Å². The lowest BCUT2D eigenvalue weighted by atomic mass is 10.0. The van der Waals surface area contributed by atoms with Crippen LogP contribution in [0, 0.1) is 5.82 Å². The number of carbonyl (C=O) groups is 1. The number of aryl methyl sites for hydroxylation is 1. The van der Waals surface area contributed by atoms with E-state index in [0.29, 0.717) is 33.5 Å². The molecule has 1 saturated heterocycles. The zero-order valence-electron chi connectivity index (χ0n) is 16.0. The van der Waals surface area contributed by atoms with Crippen molar-refractivity contribution in [1.29, 1.82) is 0 Å². The predicted molar refractivity (Wildman–Crippen MR) is 110 cm³/mol. The molecular formula is C21H22BrFN4O. The minimum atomic E-state index is -0.353. The Bertz CT molecular complexity index is 1050. The Morgan fingerprint density at radius 2 is 2.11 bits per heavy atom. The van der Waals surface area contributed by atoms with Crippen LogP contribution in [0.2, 0.25) is 0 Å². The molecule has 4 rings (SSSR count). The Morgan fingerprint density at radius 3 is 2.82 bits per heavy atom. The van der Waals surface area contributed by atoms with Crippen LogP contribution in [0.5, 0.6) is 0 Å². The fourth-order valence-electron chi connectivity index (χ4n) is 3.77. The van der Waals surface area contributed by atoms with Crippen LogP contribution in [0.3, 0.4) is 0 Å². The van der Waals surface area contributed by atoms with E-state index >= 15 is 0 Å². The van der Waals surface area contributed by atoms with Crippen LogP contribution in [0.15, 0.2) is 34.8 Å². The minimum absolute atomic E-state index is 0.0398. The molecule has 5 nitrogen and oxygen atoms in total. The second-order valence-corrected chi connectivity index (χ2v) is 8.17. The van der Waals surface area contributed by atoms with Gasteiger partial charge in [0.25, 0.3) is 5.91 Å². The average Bonchev–Trinajstić information content (AvgIpc) is 3.10. The maximum atomic E-state index is 14.4. The van der Waals surface area contributed by atoms with Gasteiger partial charge in [-0.05, 0) is 56.9 Å². The number of fused-ring (bicyclic) bond motifs is 1. The summed E-state index contributed by atoms with van der Waals surface area (Å²) in [6.45, 7) is 4.86. The van der Waals surface area contributed by atoms with Crippen LogP contribution in [0.4, 0.5) is 4.39 Å². The van der Waals surface area contributed by atoms with Crippen molar-refractivity contribution in [2.24, 2.45) is 0 Å². The van der Waals surface area contributed by atoms with Crippen molar-refractivity contribution in [3.8, 4) is 11.3 Å². The monoisotopic (exact) mass is 444 g/mol. The second-order valence-electron chi connectivity index (χ2n) is 7.25. The van der Waals surface area contributed by atoms with Crippen molar-refractivity contribution in [2.45, 2.75) is 45.6 Å². The van der Waals surface area contributed by atoms with Crippen LogP contribution in [-0.4, -0.2) is 38.0 Å². The van der Waals surface area contributed by atoms with Crippen molar-refractivity contribution in [1.82, 2.24) is 19.5 Å². The van der Waals surface area contributed by atoms with E-state index in [0.717, 1.165) is 31.5 Å². The number of nitrogens with zero attached hydrogens (tertiary/aromatic N) is 4. The molecule has 1 aliphatic heterocycles. The molecule has 1 unspecified atom stereocenters. The maximum Gasteiger partial charge on any atom is 0.272 e. The first-order valence-corrected chi connectivity index (χ1v) is 10.4. The molecule has 0 aliphatic carbocycles. The lowest BCUT2D eigenvalue weighted by Gasteiger charge is -2.33. The maximum absolute atomic E-state index is 14.4. The van der Waals surface area contributed by atoms with Crippen molar-refractivity contribution >= 4 is 27.5 Å². The molecule has 146 valence electrons. The predicted octanol–water partition coefficient (Wildman–Crippen LogP) is 4.87. The summed E-state index contributed by atoms with van der Waals surface area (Å²) in [5.41, 5.74) is 2.78. The van der Waals surface area contributed by atoms with E-state index in [4.69, 9.17) is 0 Å². The van der Waals surface area contributed by atoms with Crippen LogP contribution < -0.4 is 0 Å². The quantitative estimate of drug-likeness (QED) is 0.578. The number of hydrogen-bond donors (Lipinski definition) is 0. The highest BCUT2D eigenvalue weighted by molar-refractivity contribution is 9.10. The standard InChI is InChI=1S/C21H22BrFN4O/c1-3-15-11-19(21(28)26-9-5-4-6-13(26)2)24-20-12-18(25-27(15)20)16-8-7-14(22)10-17(16)23/h7-8,10-13H,3-6,9H2,1-2H3. The molecule has 28 heavy (non-hydrogen) atoms. The summed E-state index contributed by atoms with van der Waals surface area (Å²) in [6, 6.07) is 8.66. The summed E-state index contributed by atoms with van der Waals surface area (Å²) in [5.74, 6) is -0.392. The summed E-state index contributed by atoms with van der Waals surface area (Å²) < 4.78 is 16.8. The lowest BCUT2D eigenvalue weighted by Crippen LogP contribution is -2.42. The van der Waals surface area contributed by atoms with Gasteiger partial charge >= 0.3 is 0 Å². The molecule has 1 atom stereocenters. The number of piperidine rings is 1. The average molecular weight is 445 g/mol. The molecular weight excluding hydrogens is 423 g/mol. The number of aromatic nitrogens is 3. The molecule has 0 radical (unpaired) electrons. The molecule has 7 heteroatoms. The van der Waals surface area contributed by atoms with Crippen molar-refractivity contribution < 1.29 is 9.18 Å². The third-order valence-corrected chi connectivity index (χ3v) is 5.85. The highest BCUT2D eigenvalue weighted by Crippen LogP contribution is 2.26. The molecule has 0 N–H and O–H groups in total. The number of hydrogen-bond acceptors (Lipinski definition) is 3. The zero-order valence-corrected chi connectivity index (χ0v) is 17.5. The fourth-order valence-corrected chi connectivity index (χ4v) is 4.11. The number of rotatable bonds is 3. The van der Waals surface area contributed by atoms with Gasteiger partial charge in [0.1, 0.15) is 11.5 Å². The lowest BCUT2D eigenvalue weighted by molar-refractivity contribution is 0.0629. The Morgan fingerprint density at radius 1 is 1.29 bits per heavy atom. The Balaban J connectivity index is 1.77. The zero-order chi connectivity index (χ0) is 19.8. The molecule has 2 aromatic heterocycles. The summed E-state index contributed by atoms with van der Waals surface area (Å²) in [5, 5.41) is 4.55. The van der Waals surface area contributed by atoms with Gasteiger partial charge < -0.3 is 4.90 Å². The molecule has 0 saturated carbocycles. The number of amides is 1. The highest BCUT2D eigenvalue weighted by Gasteiger charge is 2.26. The highest BCUT2D eigenvalue weighted by atomic mass is 79.9. The van der Waals surface area contributed by atoms with Crippen LogP contribution in [-0.2, 0) is 6.42 Å². The smallest absolute Gasteiger partial charge is 0.272 e. The van der Waals surface area contributed by atoms with E-state index in [1.54, 1.807) is 22.7 Å². The summed E-state index contributed by atoms with van der Waals surface area (Å²) in [7, 11) is 0. The number of carbonyl (C=O) groups excluding carboxylic acids is 1. The van der Waals surface area contributed by atoms with Crippen LogP contribution >= 0.6 is 15.9 Å². The molecule has 1 aliphatic rings. The summed E-state index contributed by atoms with van der Waals surface area (Å²) in [4.78, 5) is 19.5. The number of benzene rings is 1. The minimum Gasteiger partial charge on any atom is -0.335 e. The molecule has 1 aromatic carbocycles. The Hall–Kier alpha value is -2.28. The van der Waals surface area contributed by atoms with E-state index < -0.39 is 0 Å². The second kappa shape index (κ2) is 7.62. The van der Waals surface area contributed by atoms with Crippen LogP contribution in [0.1, 0.15) is 49.3 Å². The van der Waals surface area contributed by atoms with Gasteiger partial charge in [0.2, 0.25) is 0 Å². The van der Waals surface area contributed by atoms with Crippen molar-refractivity contribution in [2.75, 3.05) is 6.54 Å². The van der Waals surface area contributed by atoms with Crippen molar-refractivity contribution in [3.63, 3.8) is 0 Å². The third kappa shape index (κ3) is 3.43. The van der Waals surface area contributed by atoms with E-state index in [9.17, 15) is 9.18 Å². The van der Waals surface area contributed by atoms with Gasteiger partial charge in [0.15, 0.2) is 5.65 Å². The first-order valence-electron chi connectivity index (χ1n) is 9.64. The van der Waals surface area contributed by atoms with E-state index in [1.807, 2.05) is 17.9 Å². The number of likely N-dealkylation sites (tertiary alicyclic amines) is 1. The molecule has 1 fully saturated rings. The van der Waals surface area contributed by atoms with E-state index in [1.165, 1.54) is 6.07 Å². The SMILES string of the molecule is CCc1cc(C(=O)N2CCCCC2C)nc2cc(-c3ccc(Br)cc3F)nn12. The summed E-state index contributed by atoms with van der Waals surface area (Å²) >= 11 is 3.27. The molecule has 3 aromatic rings. The number of halogens is 2.